The lowest BCUT2D eigenvalue weighted by Crippen LogP contribution is -2.36. The molecule has 1 aromatic heterocycles. The zero-order valence-electron chi connectivity index (χ0n) is 11.0. The van der Waals surface area contributed by atoms with Gasteiger partial charge in [0.2, 0.25) is 5.91 Å². The first-order valence-electron chi connectivity index (χ1n) is 6.06. The molecule has 0 spiro atoms. The standard InChI is InChI=1S/C12H20N4O/c1-12(2,3)11(17)15(4)8-10-14-13-9-6-5-7-16(9)10/h5-8H2,1-4H3. The van der Waals surface area contributed by atoms with E-state index in [9.17, 15) is 4.79 Å². The topological polar surface area (TPSA) is 51.0 Å². The molecule has 0 unspecified atom stereocenters. The second-order valence-electron chi connectivity index (χ2n) is 5.70. The van der Waals surface area contributed by atoms with Gasteiger partial charge in [0.25, 0.3) is 0 Å². The monoisotopic (exact) mass is 236 g/mol. The van der Waals surface area contributed by atoms with E-state index in [1.54, 1.807) is 4.90 Å². The van der Waals surface area contributed by atoms with Crippen LogP contribution in [0.4, 0.5) is 0 Å². The molecule has 0 N–H and O–H groups in total. The molecule has 0 aromatic carbocycles. The molecule has 1 aliphatic rings. The van der Waals surface area contributed by atoms with Crippen LogP contribution in [0.2, 0.25) is 0 Å². The van der Waals surface area contributed by atoms with Crippen LogP contribution in [-0.2, 0) is 24.3 Å². The van der Waals surface area contributed by atoms with Crippen LogP contribution in [0, 0.1) is 5.41 Å². The van der Waals surface area contributed by atoms with Gasteiger partial charge in [-0.1, -0.05) is 20.8 Å². The average Bonchev–Trinajstić information content (AvgIpc) is 2.80. The van der Waals surface area contributed by atoms with Crippen LogP contribution in [0.5, 0.6) is 0 Å². The number of hydrogen-bond donors (Lipinski definition) is 0. The number of aryl methyl sites for hydroxylation is 1. The number of fused-ring (bicyclic) bond motifs is 1. The van der Waals surface area contributed by atoms with Gasteiger partial charge in [-0.3, -0.25) is 4.79 Å². The summed E-state index contributed by atoms with van der Waals surface area (Å²) in [6.07, 6.45) is 2.14. The number of nitrogens with zero attached hydrogens (tertiary/aromatic N) is 4. The highest BCUT2D eigenvalue weighted by Crippen LogP contribution is 2.19. The van der Waals surface area contributed by atoms with Gasteiger partial charge in [0.15, 0.2) is 5.82 Å². The van der Waals surface area contributed by atoms with Gasteiger partial charge in [0, 0.05) is 25.4 Å². The van der Waals surface area contributed by atoms with E-state index >= 15 is 0 Å². The van der Waals surface area contributed by atoms with Gasteiger partial charge in [0.1, 0.15) is 5.82 Å². The van der Waals surface area contributed by atoms with Crippen LogP contribution >= 0.6 is 0 Å². The fourth-order valence-electron chi connectivity index (χ4n) is 2.18. The first-order chi connectivity index (χ1) is 7.89. The van der Waals surface area contributed by atoms with Crippen LogP contribution in [-0.4, -0.2) is 32.6 Å². The third-order valence-electron chi connectivity index (χ3n) is 3.05. The molecule has 2 rings (SSSR count). The van der Waals surface area contributed by atoms with Gasteiger partial charge >= 0.3 is 0 Å². The van der Waals surface area contributed by atoms with Gasteiger partial charge in [-0.25, -0.2) is 0 Å². The number of amides is 1. The summed E-state index contributed by atoms with van der Waals surface area (Å²) in [4.78, 5) is 13.8. The third-order valence-corrected chi connectivity index (χ3v) is 3.05. The van der Waals surface area contributed by atoms with Gasteiger partial charge < -0.3 is 9.47 Å². The second-order valence-corrected chi connectivity index (χ2v) is 5.70. The predicted octanol–water partition coefficient (Wildman–Crippen LogP) is 1.23. The summed E-state index contributed by atoms with van der Waals surface area (Å²) in [5.41, 5.74) is -0.345. The molecular weight excluding hydrogens is 216 g/mol. The Balaban J connectivity index is 2.08. The first-order valence-corrected chi connectivity index (χ1v) is 6.06. The highest BCUT2D eigenvalue weighted by molar-refractivity contribution is 5.81. The van der Waals surface area contributed by atoms with Gasteiger partial charge in [-0.05, 0) is 6.42 Å². The highest BCUT2D eigenvalue weighted by Gasteiger charge is 2.26. The zero-order valence-corrected chi connectivity index (χ0v) is 11.0. The van der Waals surface area contributed by atoms with Crippen molar-refractivity contribution in [1.29, 1.82) is 0 Å². The summed E-state index contributed by atoms with van der Waals surface area (Å²) in [7, 11) is 1.82. The lowest BCUT2D eigenvalue weighted by molar-refractivity contribution is -0.138. The Morgan fingerprint density at radius 1 is 1.41 bits per heavy atom. The Kier molecular flexibility index (Phi) is 2.93. The third kappa shape index (κ3) is 2.33. The summed E-state index contributed by atoms with van der Waals surface area (Å²) in [6, 6.07) is 0. The molecular formula is C12H20N4O. The minimum absolute atomic E-state index is 0.132. The number of hydrogen-bond acceptors (Lipinski definition) is 3. The van der Waals surface area contributed by atoms with E-state index in [-0.39, 0.29) is 11.3 Å². The molecule has 0 atom stereocenters. The van der Waals surface area contributed by atoms with E-state index in [0.717, 1.165) is 31.0 Å². The molecule has 0 bridgehead atoms. The molecule has 0 saturated carbocycles. The van der Waals surface area contributed by atoms with Crippen molar-refractivity contribution in [3.8, 4) is 0 Å². The van der Waals surface area contributed by atoms with Crippen molar-refractivity contribution in [3.63, 3.8) is 0 Å². The van der Waals surface area contributed by atoms with Crippen LogP contribution in [0.15, 0.2) is 0 Å². The first kappa shape index (κ1) is 12.1. The smallest absolute Gasteiger partial charge is 0.228 e. The van der Waals surface area contributed by atoms with Crippen LogP contribution in [0.25, 0.3) is 0 Å². The predicted molar refractivity (Wildman–Crippen MR) is 64.3 cm³/mol. The molecule has 0 saturated heterocycles. The van der Waals surface area contributed by atoms with Crippen molar-refractivity contribution in [2.24, 2.45) is 5.41 Å². The fourth-order valence-corrected chi connectivity index (χ4v) is 2.18. The minimum Gasteiger partial charge on any atom is -0.338 e. The van der Waals surface area contributed by atoms with E-state index in [1.807, 2.05) is 27.8 Å². The molecule has 5 heteroatoms. The van der Waals surface area contributed by atoms with Crippen molar-refractivity contribution in [3.05, 3.63) is 11.6 Å². The molecule has 0 radical (unpaired) electrons. The number of carbonyl (C=O) groups is 1. The Hall–Kier alpha value is -1.39. The van der Waals surface area contributed by atoms with E-state index in [2.05, 4.69) is 14.8 Å². The molecule has 94 valence electrons. The van der Waals surface area contributed by atoms with Crippen LogP contribution in [0.3, 0.4) is 0 Å². The highest BCUT2D eigenvalue weighted by atomic mass is 16.2. The molecule has 0 aliphatic carbocycles. The fraction of sp³-hybridized carbons (Fsp3) is 0.750. The largest absolute Gasteiger partial charge is 0.338 e. The van der Waals surface area contributed by atoms with Crippen molar-refractivity contribution >= 4 is 5.91 Å². The Morgan fingerprint density at radius 2 is 2.12 bits per heavy atom. The summed E-state index contributed by atoms with van der Waals surface area (Å²) < 4.78 is 2.13. The van der Waals surface area contributed by atoms with Crippen molar-refractivity contribution in [2.45, 2.75) is 46.7 Å². The maximum absolute atomic E-state index is 12.1. The summed E-state index contributed by atoms with van der Waals surface area (Å²) >= 11 is 0. The summed E-state index contributed by atoms with van der Waals surface area (Å²) in [6.45, 7) is 7.32. The molecule has 0 fully saturated rings. The van der Waals surface area contributed by atoms with Crippen molar-refractivity contribution in [2.75, 3.05) is 7.05 Å². The van der Waals surface area contributed by atoms with Crippen LogP contribution in [0.1, 0.15) is 38.8 Å². The Labute approximate surface area is 102 Å². The maximum atomic E-state index is 12.1. The van der Waals surface area contributed by atoms with E-state index < -0.39 is 0 Å². The SMILES string of the molecule is CN(Cc1nnc2n1CCC2)C(=O)C(C)(C)C. The van der Waals surface area contributed by atoms with Gasteiger partial charge in [-0.2, -0.15) is 0 Å². The maximum Gasteiger partial charge on any atom is 0.228 e. The van der Waals surface area contributed by atoms with Crippen molar-refractivity contribution in [1.82, 2.24) is 19.7 Å². The molecule has 1 aliphatic heterocycles. The van der Waals surface area contributed by atoms with Gasteiger partial charge in [-0.15, -0.1) is 10.2 Å². The van der Waals surface area contributed by atoms with Gasteiger partial charge in [0.05, 0.1) is 6.54 Å². The molecule has 5 nitrogen and oxygen atoms in total. The minimum atomic E-state index is -0.345. The Bertz CT molecular complexity index is 430. The summed E-state index contributed by atoms with van der Waals surface area (Å²) in [5, 5.41) is 8.31. The molecule has 1 amide bonds. The number of rotatable bonds is 2. The number of aromatic nitrogens is 3. The lowest BCUT2D eigenvalue weighted by Gasteiger charge is -2.25. The second kappa shape index (κ2) is 4.13. The number of carbonyl (C=O) groups excluding carboxylic acids is 1. The molecule has 1 aromatic rings. The van der Waals surface area contributed by atoms with E-state index in [0.29, 0.717) is 6.54 Å². The van der Waals surface area contributed by atoms with Crippen LogP contribution < -0.4 is 0 Å². The molecule has 17 heavy (non-hydrogen) atoms. The average molecular weight is 236 g/mol. The van der Waals surface area contributed by atoms with Crippen molar-refractivity contribution < 1.29 is 4.79 Å². The zero-order chi connectivity index (χ0) is 12.6. The Morgan fingerprint density at radius 3 is 2.76 bits per heavy atom. The lowest BCUT2D eigenvalue weighted by atomic mass is 9.95. The normalized spacial score (nSPS) is 14.8. The quantitative estimate of drug-likeness (QED) is 0.776. The van der Waals surface area contributed by atoms with E-state index in [4.69, 9.17) is 0 Å². The molecule has 2 heterocycles. The van der Waals surface area contributed by atoms with E-state index in [1.165, 1.54) is 0 Å². The summed E-state index contributed by atoms with van der Waals surface area (Å²) in [5.74, 6) is 2.09.